The predicted octanol–water partition coefficient (Wildman–Crippen LogP) is 3.75. The molecular formula is C16H31NO. The summed E-state index contributed by atoms with van der Waals surface area (Å²) in [6.07, 6.45) is 12.4. The van der Waals surface area contributed by atoms with E-state index in [1.54, 1.807) is 0 Å². The highest BCUT2D eigenvalue weighted by Gasteiger charge is 2.26. The van der Waals surface area contributed by atoms with Gasteiger partial charge in [-0.05, 0) is 56.9 Å². The number of ether oxygens (including phenoxy) is 1. The Hall–Kier alpha value is -0.0800. The van der Waals surface area contributed by atoms with E-state index in [9.17, 15) is 0 Å². The van der Waals surface area contributed by atoms with Gasteiger partial charge in [-0.25, -0.2) is 0 Å². The summed E-state index contributed by atoms with van der Waals surface area (Å²) in [5.41, 5.74) is 0. The Kier molecular flexibility index (Phi) is 6.50. The van der Waals surface area contributed by atoms with E-state index in [0.29, 0.717) is 0 Å². The molecule has 0 aromatic carbocycles. The number of rotatable bonds is 8. The molecule has 2 aliphatic carbocycles. The van der Waals surface area contributed by atoms with Crippen molar-refractivity contribution in [2.75, 3.05) is 19.8 Å². The summed E-state index contributed by atoms with van der Waals surface area (Å²) in [6.45, 7) is 5.46. The fourth-order valence-electron chi connectivity index (χ4n) is 3.64. The molecule has 2 nitrogen and oxygen atoms in total. The lowest BCUT2D eigenvalue weighted by Gasteiger charge is -2.21. The summed E-state index contributed by atoms with van der Waals surface area (Å²) >= 11 is 0. The van der Waals surface area contributed by atoms with Gasteiger partial charge >= 0.3 is 0 Å². The number of hydrogen-bond donors (Lipinski definition) is 1. The molecule has 2 aliphatic rings. The Labute approximate surface area is 113 Å². The van der Waals surface area contributed by atoms with Gasteiger partial charge in [0.15, 0.2) is 0 Å². The van der Waals surface area contributed by atoms with Crippen LogP contribution in [0, 0.1) is 11.8 Å². The van der Waals surface area contributed by atoms with Gasteiger partial charge in [-0.2, -0.15) is 0 Å². The van der Waals surface area contributed by atoms with Crippen LogP contribution in [0.2, 0.25) is 0 Å². The van der Waals surface area contributed by atoms with Crippen molar-refractivity contribution >= 4 is 0 Å². The van der Waals surface area contributed by atoms with Crippen LogP contribution in [0.3, 0.4) is 0 Å². The lowest BCUT2D eigenvalue weighted by molar-refractivity contribution is 0.0879. The molecule has 0 aromatic heterocycles. The van der Waals surface area contributed by atoms with Gasteiger partial charge < -0.3 is 10.1 Å². The van der Waals surface area contributed by atoms with Crippen molar-refractivity contribution in [2.24, 2.45) is 11.8 Å². The zero-order valence-corrected chi connectivity index (χ0v) is 12.1. The molecule has 0 amide bonds. The fraction of sp³-hybridized carbons (Fsp3) is 1.00. The van der Waals surface area contributed by atoms with Gasteiger partial charge in [0.2, 0.25) is 0 Å². The third kappa shape index (κ3) is 4.55. The quantitative estimate of drug-likeness (QED) is 0.665. The van der Waals surface area contributed by atoms with E-state index in [2.05, 4.69) is 12.2 Å². The second-order valence-electron chi connectivity index (χ2n) is 6.27. The maximum Gasteiger partial charge on any atom is 0.0494 e. The zero-order chi connectivity index (χ0) is 12.6. The number of nitrogens with one attached hydrogen (secondary N) is 1. The van der Waals surface area contributed by atoms with Crippen LogP contribution in [-0.4, -0.2) is 25.8 Å². The first-order valence-electron chi connectivity index (χ1n) is 8.21. The molecule has 0 radical (unpaired) electrons. The van der Waals surface area contributed by atoms with Crippen molar-refractivity contribution in [3.8, 4) is 0 Å². The van der Waals surface area contributed by atoms with Crippen molar-refractivity contribution in [3.05, 3.63) is 0 Å². The average Bonchev–Trinajstić information content (AvgIpc) is 3.03. The van der Waals surface area contributed by atoms with Crippen molar-refractivity contribution in [1.82, 2.24) is 5.32 Å². The van der Waals surface area contributed by atoms with Gasteiger partial charge in [-0.1, -0.05) is 26.2 Å². The maximum atomic E-state index is 5.90. The monoisotopic (exact) mass is 253 g/mol. The van der Waals surface area contributed by atoms with Crippen molar-refractivity contribution in [2.45, 2.75) is 70.8 Å². The Morgan fingerprint density at radius 1 is 1.06 bits per heavy atom. The highest BCUT2D eigenvalue weighted by Crippen LogP contribution is 2.29. The standard InChI is InChI=1S/C16H31NO/c1-2-11-17-16-9-5-8-15(16)10-12-18-13-14-6-3-4-7-14/h14-17H,2-13H2,1H3. The number of hydrogen-bond acceptors (Lipinski definition) is 2. The molecule has 0 bridgehead atoms. The fourth-order valence-corrected chi connectivity index (χ4v) is 3.64. The van der Waals surface area contributed by atoms with Crippen LogP contribution in [0.25, 0.3) is 0 Å². The lowest BCUT2D eigenvalue weighted by Crippen LogP contribution is -2.33. The summed E-state index contributed by atoms with van der Waals surface area (Å²) < 4.78 is 5.90. The Bertz CT molecular complexity index is 213. The molecule has 0 saturated heterocycles. The first-order valence-corrected chi connectivity index (χ1v) is 8.21. The van der Waals surface area contributed by atoms with E-state index in [1.807, 2.05) is 0 Å². The molecule has 2 atom stereocenters. The molecule has 2 rings (SSSR count). The second-order valence-corrected chi connectivity index (χ2v) is 6.27. The Morgan fingerprint density at radius 3 is 2.67 bits per heavy atom. The minimum absolute atomic E-state index is 0.778. The van der Waals surface area contributed by atoms with Gasteiger partial charge in [-0.15, -0.1) is 0 Å². The van der Waals surface area contributed by atoms with Crippen LogP contribution in [0.1, 0.15) is 64.7 Å². The second kappa shape index (κ2) is 8.16. The van der Waals surface area contributed by atoms with Gasteiger partial charge in [0.1, 0.15) is 0 Å². The van der Waals surface area contributed by atoms with Crippen LogP contribution in [0.15, 0.2) is 0 Å². The highest BCUT2D eigenvalue weighted by atomic mass is 16.5. The van der Waals surface area contributed by atoms with Crippen LogP contribution < -0.4 is 5.32 Å². The van der Waals surface area contributed by atoms with E-state index in [-0.39, 0.29) is 0 Å². The van der Waals surface area contributed by atoms with E-state index in [1.165, 1.54) is 64.3 Å². The lowest BCUT2D eigenvalue weighted by atomic mass is 10.00. The molecule has 0 aromatic rings. The molecule has 0 heterocycles. The van der Waals surface area contributed by atoms with Crippen molar-refractivity contribution in [3.63, 3.8) is 0 Å². The first-order chi connectivity index (χ1) is 8.90. The molecule has 0 aliphatic heterocycles. The summed E-state index contributed by atoms with van der Waals surface area (Å²) in [6, 6.07) is 0.778. The summed E-state index contributed by atoms with van der Waals surface area (Å²) in [5, 5.41) is 3.71. The van der Waals surface area contributed by atoms with Crippen LogP contribution in [0.5, 0.6) is 0 Å². The third-order valence-corrected chi connectivity index (χ3v) is 4.78. The molecule has 18 heavy (non-hydrogen) atoms. The third-order valence-electron chi connectivity index (χ3n) is 4.78. The van der Waals surface area contributed by atoms with Gasteiger partial charge in [0.25, 0.3) is 0 Å². The molecule has 106 valence electrons. The molecule has 1 N–H and O–H groups in total. The van der Waals surface area contributed by atoms with Gasteiger partial charge in [0.05, 0.1) is 0 Å². The molecule has 2 unspecified atom stereocenters. The summed E-state index contributed by atoms with van der Waals surface area (Å²) in [7, 11) is 0. The molecule has 0 spiro atoms. The van der Waals surface area contributed by atoms with Gasteiger partial charge in [0, 0.05) is 19.3 Å². The van der Waals surface area contributed by atoms with E-state index in [4.69, 9.17) is 4.74 Å². The highest BCUT2D eigenvalue weighted by molar-refractivity contribution is 4.82. The van der Waals surface area contributed by atoms with Gasteiger partial charge in [-0.3, -0.25) is 0 Å². The Morgan fingerprint density at radius 2 is 1.89 bits per heavy atom. The van der Waals surface area contributed by atoms with E-state index < -0.39 is 0 Å². The largest absolute Gasteiger partial charge is 0.381 e. The minimum atomic E-state index is 0.778. The average molecular weight is 253 g/mol. The van der Waals surface area contributed by atoms with Crippen LogP contribution >= 0.6 is 0 Å². The van der Waals surface area contributed by atoms with E-state index >= 15 is 0 Å². The SMILES string of the molecule is CCCNC1CCCC1CCOCC1CCCC1. The summed E-state index contributed by atoms with van der Waals surface area (Å²) in [5.74, 6) is 1.75. The summed E-state index contributed by atoms with van der Waals surface area (Å²) in [4.78, 5) is 0. The first kappa shape index (κ1) is 14.3. The van der Waals surface area contributed by atoms with Crippen LogP contribution in [-0.2, 0) is 4.74 Å². The Balaban J connectivity index is 1.54. The maximum absolute atomic E-state index is 5.90. The normalized spacial score (nSPS) is 29.2. The minimum Gasteiger partial charge on any atom is -0.381 e. The smallest absolute Gasteiger partial charge is 0.0494 e. The molecular weight excluding hydrogens is 222 g/mol. The molecule has 2 heteroatoms. The topological polar surface area (TPSA) is 21.3 Å². The predicted molar refractivity (Wildman–Crippen MR) is 76.8 cm³/mol. The molecule has 2 fully saturated rings. The molecule has 2 saturated carbocycles. The van der Waals surface area contributed by atoms with Crippen molar-refractivity contribution < 1.29 is 4.74 Å². The van der Waals surface area contributed by atoms with Crippen LogP contribution in [0.4, 0.5) is 0 Å². The van der Waals surface area contributed by atoms with E-state index in [0.717, 1.165) is 31.1 Å². The zero-order valence-electron chi connectivity index (χ0n) is 12.1. The van der Waals surface area contributed by atoms with Crippen molar-refractivity contribution in [1.29, 1.82) is 0 Å².